The average Bonchev–Trinajstić information content (AvgIpc) is 3.06. The third-order valence-electron chi connectivity index (χ3n) is 3.64. The number of sulfonamides is 1. The van der Waals surface area contributed by atoms with E-state index in [2.05, 4.69) is 10.0 Å². The van der Waals surface area contributed by atoms with E-state index < -0.39 is 10.0 Å². The van der Waals surface area contributed by atoms with Crippen molar-refractivity contribution in [1.29, 1.82) is 0 Å². The Hall–Kier alpha value is -1.02. The Balaban J connectivity index is 0.00000161. The normalized spacial score (nSPS) is 20.3. The van der Waals surface area contributed by atoms with E-state index >= 15 is 0 Å². The van der Waals surface area contributed by atoms with Gasteiger partial charge in [-0.3, -0.25) is 0 Å². The van der Waals surface area contributed by atoms with Gasteiger partial charge < -0.3 is 14.8 Å². The molecule has 0 spiro atoms. The maximum atomic E-state index is 12.4. The van der Waals surface area contributed by atoms with Crippen molar-refractivity contribution in [1.82, 2.24) is 10.0 Å². The highest BCUT2D eigenvalue weighted by atomic mass is 35.5. The molecule has 0 aliphatic carbocycles. The van der Waals surface area contributed by atoms with Crippen LogP contribution in [0.3, 0.4) is 0 Å². The third kappa shape index (κ3) is 3.42. The summed E-state index contributed by atoms with van der Waals surface area (Å²) in [4.78, 5) is 0.250. The molecule has 3 rings (SSSR count). The second kappa shape index (κ2) is 6.39. The number of hydrogen-bond donors (Lipinski definition) is 2. The first-order chi connectivity index (χ1) is 9.56. The molecule has 1 unspecified atom stereocenters. The van der Waals surface area contributed by atoms with Crippen molar-refractivity contribution in [2.45, 2.75) is 30.7 Å². The summed E-state index contributed by atoms with van der Waals surface area (Å²) in [6.07, 6.45) is 2.10. The van der Waals surface area contributed by atoms with Crippen molar-refractivity contribution in [3.8, 4) is 11.5 Å². The van der Waals surface area contributed by atoms with Crippen LogP contribution < -0.4 is 19.5 Å². The maximum Gasteiger partial charge on any atom is 0.241 e. The first-order valence-electron chi connectivity index (χ1n) is 6.69. The van der Waals surface area contributed by atoms with Crippen LogP contribution in [0.5, 0.6) is 11.5 Å². The molecule has 8 heteroatoms. The molecule has 1 aromatic carbocycles. The molecule has 0 bridgehead atoms. The van der Waals surface area contributed by atoms with Crippen LogP contribution in [0.4, 0.5) is 0 Å². The second-order valence-electron chi connectivity index (χ2n) is 5.12. The Morgan fingerprint density at radius 1 is 1.33 bits per heavy atom. The monoisotopic (exact) mass is 334 g/mol. The minimum absolute atomic E-state index is 0. The fourth-order valence-electron chi connectivity index (χ4n) is 2.53. The van der Waals surface area contributed by atoms with Gasteiger partial charge in [0, 0.05) is 18.7 Å². The zero-order valence-electron chi connectivity index (χ0n) is 11.7. The molecule has 1 aromatic rings. The topological polar surface area (TPSA) is 76.7 Å². The van der Waals surface area contributed by atoms with Crippen LogP contribution in [-0.2, 0) is 10.0 Å². The lowest BCUT2D eigenvalue weighted by atomic mass is 10.2. The van der Waals surface area contributed by atoms with Crippen LogP contribution >= 0.6 is 12.4 Å². The minimum atomic E-state index is -3.53. The first kappa shape index (κ1) is 16.4. The van der Waals surface area contributed by atoms with Crippen molar-refractivity contribution in [3.63, 3.8) is 0 Å². The standard InChI is InChI=1S/C13H18N2O4S.ClH/c1-9-5-11-12(19-8-18-11)6-13(9)20(16,17)15-7-10-3-2-4-14-10;/h5-6,10,14-15H,2-4,7-8H2,1H3;1H. The minimum Gasteiger partial charge on any atom is -0.454 e. The number of halogens is 1. The van der Waals surface area contributed by atoms with Gasteiger partial charge in [0.05, 0.1) is 4.90 Å². The predicted octanol–water partition coefficient (Wildman–Crippen LogP) is 1.18. The van der Waals surface area contributed by atoms with E-state index in [1.54, 1.807) is 13.0 Å². The van der Waals surface area contributed by atoms with Crippen LogP contribution in [-0.4, -0.2) is 34.3 Å². The van der Waals surface area contributed by atoms with Crippen LogP contribution in [0.2, 0.25) is 0 Å². The smallest absolute Gasteiger partial charge is 0.241 e. The summed E-state index contributed by atoms with van der Waals surface area (Å²) in [5.41, 5.74) is 0.654. The van der Waals surface area contributed by atoms with Gasteiger partial charge in [0.2, 0.25) is 16.8 Å². The Kier molecular flexibility index (Phi) is 4.98. The van der Waals surface area contributed by atoms with E-state index in [1.807, 2.05) is 0 Å². The van der Waals surface area contributed by atoms with Crippen molar-refractivity contribution in [2.75, 3.05) is 19.9 Å². The van der Waals surface area contributed by atoms with Gasteiger partial charge in [0.25, 0.3) is 0 Å². The fourth-order valence-corrected chi connectivity index (χ4v) is 3.85. The number of benzene rings is 1. The number of fused-ring (bicyclic) bond motifs is 1. The summed E-state index contributed by atoms with van der Waals surface area (Å²) in [6, 6.07) is 3.45. The molecule has 1 atom stereocenters. The highest BCUT2D eigenvalue weighted by molar-refractivity contribution is 7.89. The molecule has 118 valence electrons. The van der Waals surface area contributed by atoms with Crippen molar-refractivity contribution >= 4 is 22.4 Å². The molecule has 2 aliphatic heterocycles. The molecule has 2 heterocycles. The van der Waals surface area contributed by atoms with E-state index in [-0.39, 0.29) is 30.1 Å². The average molecular weight is 335 g/mol. The number of nitrogens with one attached hydrogen (secondary N) is 2. The molecule has 6 nitrogen and oxygen atoms in total. The van der Waals surface area contributed by atoms with Gasteiger partial charge in [0.15, 0.2) is 11.5 Å². The largest absolute Gasteiger partial charge is 0.454 e. The van der Waals surface area contributed by atoms with Crippen LogP contribution in [0.15, 0.2) is 17.0 Å². The second-order valence-corrected chi connectivity index (χ2v) is 6.85. The molecule has 0 amide bonds. The maximum absolute atomic E-state index is 12.4. The van der Waals surface area contributed by atoms with Crippen molar-refractivity contribution in [3.05, 3.63) is 17.7 Å². The zero-order chi connectivity index (χ0) is 14.2. The quantitative estimate of drug-likeness (QED) is 0.864. The van der Waals surface area contributed by atoms with E-state index in [9.17, 15) is 8.42 Å². The van der Waals surface area contributed by atoms with Gasteiger partial charge >= 0.3 is 0 Å². The lowest BCUT2D eigenvalue weighted by Gasteiger charge is -2.13. The van der Waals surface area contributed by atoms with Crippen molar-refractivity contribution in [2.24, 2.45) is 0 Å². The van der Waals surface area contributed by atoms with Gasteiger partial charge in [-0.1, -0.05) is 0 Å². The number of hydrogen-bond acceptors (Lipinski definition) is 5. The Bertz CT molecular complexity index is 615. The molecule has 0 saturated carbocycles. The highest BCUT2D eigenvalue weighted by Gasteiger charge is 2.24. The molecule has 0 aromatic heterocycles. The summed E-state index contributed by atoms with van der Waals surface area (Å²) in [5.74, 6) is 1.08. The molecular weight excluding hydrogens is 316 g/mol. The lowest BCUT2D eigenvalue weighted by Crippen LogP contribution is -2.37. The van der Waals surface area contributed by atoms with Gasteiger partial charge in [0.1, 0.15) is 0 Å². The first-order valence-corrected chi connectivity index (χ1v) is 8.18. The van der Waals surface area contributed by atoms with E-state index in [1.165, 1.54) is 6.07 Å². The lowest BCUT2D eigenvalue weighted by molar-refractivity contribution is 0.174. The van der Waals surface area contributed by atoms with E-state index in [4.69, 9.17) is 9.47 Å². The summed E-state index contributed by atoms with van der Waals surface area (Å²) in [5, 5.41) is 3.27. The molecular formula is C13H19ClN2O4S. The highest BCUT2D eigenvalue weighted by Crippen LogP contribution is 2.36. The van der Waals surface area contributed by atoms with Gasteiger partial charge in [-0.25, -0.2) is 13.1 Å². The number of rotatable bonds is 4. The summed E-state index contributed by atoms with van der Waals surface area (Å²) < 4.78 is 37.9. The SMILES string of the molecule is Cc1cc2c(cc1S(=O)(=O)NCC1CCCN1)OCO2.Cl. The molecule has 1 saturated heterocycles. The van der Waals surface area contributed by atoms with Crippen LogP contribution in [0.25, 0.3) is 0 Å². The van der Waals surface area contributed by atoms with Crippen LogP contribution in [0.1, 0.15) is 18.4 Å². The van der Waals surface area contributed by atoms with Crippen molar-refractivity contribution < 1.29 is 17.9 Å². The van der Waals surface area contributed by atoms with Gasteiger partial charge in [-0.15, -0.1) is 12.4 Å². The van der Waals surface area contributed by atoms with E-state index in [0.29, 0.717) is 23.6 Å². The molecule has 0 radical (unpaired) electrons. The number of aryl methyl sites for hydroxylation is 1. The predicted molar refractivity (Wildman–Crippen MR) is 80.8 cm³/mol. The Morgan fingerprint density at radius 3 is 2.71 bits per heavy atom. The third-order valence-corrected chi connectivity index (χ3v) is 5.21. The Morgan fingerprint density at radius 2 is 2.05 bits per heavy atom. The molecule has 1 fully saturated rings. The molecule has 21 heavy (non-hydrogen) atoms. The zero-order valence-corrected chi connectivity index (χ0v) is 13.4. The molecule has 2 aliphatic rings. The fraction of sp³-hybridized carbons (Fsp3) is 0.538. The van der Waals surface area contributed by atoms with Gasteiger partial charge in [-0.2, -0.15) is 0 Å². The summed E-state index contributed by atoms with van der Waals surface area (Å²) >= 11 is 0. The Labute approximate surface area is 130 Å². The van der Waals surface area contributed by atoms with Gasteiger partial charge in [-0.05, 0) is 37.9 Å². The number of ether oxygens (including phenoxy) is 2. The molecule has 2 N–H and O–H groups in total. The van der Waals surface area contributed by atoms with E-state index in [0.717, 1.165) is 19.4 Å². The summed E-state index contributed by atoms with van der Waals surface area (Å²) in [7, 11) is -3.53. The summed E-state index contributed by atoms with van der Waals surface area (Å²) in [6.45, 7) is 3.26. The van der Waals surface area contributed by atoms with Crippen LogP contribution in [0, 0.1) is 6.92 Å².